The van der Waals surface area contributed by atoms with Crippen molar-refractivity contribution < 1.29 is 33.4 Å². The van der Waals surface area contributed by atoms with Gasteiger partial charge in [-0.15, -0.1) is 0 Å². The summed E-state index contributed by atoms with van der Waals surface area (Å²) in [6, 6.07) is 20.2. The van der Waals surface area contributed by atoms with E-state index in [0.717, 1.165) is 27.9 Å². The van der Waals surface area contributed by atoms with Crippen LogP contribution in [0.3, 0.4) is 0 Å². The molecular formula is C35H35FN4O6. The summed E-state index contributed by atoms with van der Waals surface area (Å²) in [5.41, 5.74) is 5.46. The Morgan fingerprint density at radius 1 is 0.978 bits per heavy atom. The number of hydrogen-bond acceptors (Lipinski definition) is 6. The first-order chi connectivity index (χ1) is 22.1. The molecule has 0 saturated heterocycles. The molecule has 3 unspecified atom stereocenters. The fraction of sp³-hybridized carbons (Fsp3) is 0.286. The van der Waals surface area contributed by atoms with Crippen molar-refractivity contribution in [1.82, 2.24) is 20.4 Å². The van der Waals surface area contributed by atoms with Crippen LogP contribution in [0.5, 0.6) is 0 Å². The molecule has 0 bridgehead atoms. The number of carbonyl (C=O) groups is 4. The van der Waals surface area contributed by atoms with Gasteiger partial charge < -0.3 is 20.5 Å². The third-order valence-corrected chi connectivity index (χ3v) is 8.07. The Morgan fingerprint density at radius 3 is 2.33 bits per heavy atom. The number of halogens is 1. The van der Waals surface area contributed by atoms with Gasteiger partial charge in [0, 0.05) is 17.5 Å². The molecule has 3 aromatic carbocycles. The molecule has 5 rings (SSSR count). The molecule has 0 spiro atoms. The SMILES string of the molecule is COC(=O)C(Cc1ccccc1)NC(=O)C(CC(=O)O)NC(=O)C1CCCc2c1nn(-c1ccc(F)cc1)c2-c1ccc(C)cc1. The van der Waals surface area contributed by atoms with Gasteiger partial charge in [-0.1, -0.05) is 60.2 Å². The van der Waals surface area contributed by atoms with Crippen LogP contribution in [0, 0.1) is 12.7 Å². The number of amides is 2. The van der Waals surface area contributed by atoms with E-state index in [2.05, 4.69) is 10.6 Å². The smallest absolute Gasteiger partial charge is 0.328 e. The highest BCUT2D eigenvalue weighted by Gasteiger charge is 2.36. The fourth-order valence-corrected chi connectivity index (χ4v) is 5.76. The van der Waals surface area contributed by atoms with Crippen LogP contribution in [0.25, 0.3) is 16.9 Å². The zero-order valence-electron chi connectivity index (χ0n) is 25.5. The summed E-state index contributed by atoms with van der Waals surface area (Å²) >= 11 is 0. The Balaban J connectivity index is 1.44. The lowest BCUT2D eigenvalue weighted by molar-refractivity contribution is -0.145. The van der Waals surface area contributed by atoms with E-state index in [1.54, 1.807) is 41.1 Å². The van der Waals surface area contributed by atoms with Crippen molar-refractivity contribution in [2.75, 3.05) is 7.11 Å². The number of carbonyl (C=O) groups excluding carboxylic acids is 3. The van der Waals surface area contributed by atoms with Crippen LogP contribution < -0.4 is 10.6 Å². The summed E-state index contributed by atoms with van der Waals surface area (Å²) in [6.45, 7) is 1.98. The van der Waals surface area contributed by atoms with Gasteiger partial charge in [0.05, 0.1) is 36.5 Å². The number of aryl methyl sites for hydroxylation is 1. The predicted molar refractivity (Wildman–Crippen MR) is 168 cm³/mol. The van der Waals surface area contributed by atoms with Crippen molar-refractivity contribution in [3.05, 3.63) is 107 Å². The number of esters is 1. The molecule has 3 atom stereocenters. The average molecular weight is 627 g/mol. The van der Waals surface area contributed by atoms with Gasteiger partial charge in [0.25, 0.3) is 0 Å². The monoisotopic (exact) mass is 626 g/mol. The van der Waals surface area contributed by atoms with Gasteiger partial charge in [0.15, 0.2) is 0 Å². The third kappa shape index (κ3) is 7.31. The first kappa shape index (κ1) is 32.1. The molecule has 238 valence electrons. The minimum absolute atomic E-state index is 0.113. The Bertz CT molecular complexity index is 1720. The first-order valence-electron chi connectivity index (χ1n) is 15.0. The number of ether oxygens (including phenoxy) is 1. The second kappa shape index (κ2) is 14.2. The largest absolute Gasteiger partial charge is 0.481 e. The molecule has 4 aromatic rings. The van der Waals surface area contributed by atoms with Gasteiger partial charge >= 0.3 is 11.9 Å². The molecule has 1 aromatic heterocycles. The molecule has 0 aliphatic heterocycles. The van der Waals surface area contributed by atoms with Crippen LogP contribution in [0.4, 0.5) is 4.39 Å². The molecule has 46 heavy (non-hydrogen) atoms. The zero-order chi connectivity index (χ0) is 32.8. The molecule has 2 amide bonds. The Morgan fingerprint density at radius 2 is 1.67 bits per heavy atom. The van der Waals surface area contributed by atoms with Crippen LogP contribution in [0.2, 0.25) is 0 Å². The second-order valence-corrected chi connectivity index (χ2v) is 11.3. The maximum Gasteiger partial charge on any atom is 0.328 e. The first-order valence-corrected chi connectivity index (χ1v) is 15.0. The molecule has 1 aliphatic carbocycles. The van der Waals surface area contributed by atoms with Crippen molar-refractivity contribution in [3.8, 4) is 16.9 Å². The number of aliphatic carboxylic acids is 1. The van der Waals surface area contributed by atoms with Gasteiger partial charge in [-0.3, -0.25) is 14.4 Å². The van der Waals surface area contributed by atoms with E-state index in [0.29, 0.717) is 30.6 Å². The Hall–Kier alpha value is -5.32. The van der Waals surface area contributed by atoms with Crippen molar-refractivity contribution in [3.63, 3.8) is 0 Å². The lowest BCUT2D eigenvalue weighted by atomic mass is 9.84. The number of rotatable bonds is 11. The molecule has 1 aliphatic rings. The van der Waals surface area contributed by atoms with Crippen molar-refractivity contribution >= 4 is 23.8 Å². The number of benzene rings is 3. The molecule has 0 radical (unpaired) electrons. The third-order valence-electron chi connectivity index (χ3n) is 8.07. The lowest BCUT2D eigenvalue weighted by Gasteiger charge is -2.25. The van der Waals surface area contributed by atoms with Gasteiger partial charge in [0.1, 0.15) is 17.9 Å². The van der Waals surface area contributed by atoms with Gasteiger partial charge in [-0.05, 0) is 56.0 Å². The molecular weight excluding hydrogens is 591 g/mol. The van der Waals surface area contributed by atoms with Gasteiger partial charge in [0.2, 0.25) is 11.8 Å². The topological polar surface area (TPSA) is 140 Å². The van der Waals surface area contributed by atoms with Crippen LogP contribution in [-0.2, 0) is 36.8 Å². The van der Waals surface area contributed by atoms with E-state index in [9.17, 15) is 28.7 Å². The van der Waals surface area contributed by atoms with Crippen LogP contribution in [0.15, 0.2) is 78.9 Å². The number of carboxylic acid groups (broad SMARTS) is 1. The number of fused-ring (bicyclic) bond motifs is 1. The summed E-state index contributed by atoms with van der Waals surface area (Å²) in [5, 5.41) is 19.7. The molecule has 1 heterocycles. The zero-order valence-corrected chi connectivity index (χ0v) is 25.5. The maximum atomic E-state index is 13.8. The van der Waals surface area contributed by atoms with E-state index in [1.165, 1.54) is 19.2 Å². The van der Waals surface area contributed by atoms with Crippen LogP contribution in [-0.4, -0.2) is 57.8 Å². The second-order valence-electron chi connectivity index (χ2n) is 11.3. The summed E-state index contributed by atoms with van der Waals surface area (Å²) < 4.78 is 20.4. The predicted octanol–water partition coefficient (Wildman–Crippen LogP) is 4.27. The molecule has 3 N–H and O–H groups in total. The van der Waals surface area contributed by atoms with E-state index in [-0.39, 0.29) is 6.42 Å². The number of nitrogens with one attached hydrogen (secondary N) is 2. The summed E-state index contributed by atoms with van der Waals surface area (Å²) in [5.74, 6) is -4.56. The Labute approximate surface area is 265 Å². The van der Waals surface area contributed by atoms with Crippen LogP contribution >= 0.6 is 0 Å². The normalized spacial score (nSPS) is 15.2. The molecule has 10 nitrogen and oxygen atoms in total. The average Bonchev–Trinajstić information content (AvgIpc) is 3.44. The highest BCUT2D eigenvalue weighted by atomic mass is 19.1. The van der Waals surface area contributed by atoms with E-state index < -0.39 is 54.0 Å². The highest BCUT2D eigenvalue weighted by Crippen LogP contribution is 2.39. The number of methoxy groups -OCH3 is 1. The van der Waals surface area contributed by atoms with Crippen molar-refractivity contribution in [2.45, 2.75) is 57.0 Å². The number of aromatic nitrogens is 2. The maximum absolute atomic E-state index is 13.8. The molecule has 0 fully saturated rings. The molecule has 11 heteroatoms. The quantitative estimate of drug-likeness (QED) is 0.211. The number of carboxylic acids is 1. The minimum Gasteiger partial charge on any atom is -0.481 e. The van der Waals surface area contributed by atoms with Crippen molar-refractivity contribution in [2.24, 2.45) is 0 Å². The standard InChI is InChI=1S/C35H35FN4O6/c1-21-11-13-23(14-12-21)32-26-9-6-10-27(31(26)39-40(32)25-17-15-24(36)16-18-25)33(43)37-28(20-30(41)42)34(44)38-29(35(45)46-2)19-22-7-4-3-5-8-22/h3-5,7-8,11-18,27-29H,6,9-10,19-20H2,1-2H3,(H,37,43)(H,38,44)(H,41,42). The summed E-state index contributed by atoms with van der Waals surface area (Å²) in [7, 11) is 1.19. The van der Waals surface area contributed by atoms with Crippen LogP contribution in [0.1, 0.15) is 47.6 Å². The van der Waals surface area contributed by atoms with Gasteiger partial charge in [-0.25, -0.2) is 13.9 Å². The minimum atomic E-state index is -1.46. The highest BCUT2D eigenvalue weighted by molar-refractivity contribution is 5.95. The lowest BCUT2D eigenvalue weighted by Crippen LogP contribution is -2.54. The summed E-state index contributed by atoms with van der Waals surface area (Å²) in [6.07, 6.45) is 1.13. The van der Waals surface area contributed by atoms with E-state index in [1.807, 2.05) is 37.3 Å². The van der Waals surface area contributed by atoms with E-state index >= 15 is 0 Å². The molecule has 0 saturated carbocycles. The fourth-order valence-electron chi connectivity index (χ4n) is 5.76. The van der Waals surface area contributed by atoms with Gasteiger partial charge in [-0.2, -0.15) is 5.10 Å². The summed E-state index contributed by atoms with van der Waals surface area (Å²) in [4.78, 5) is 51.6. The van der Waals surface area contributed by atoms with E-state index in [4.69, 9.17) is 9.84 Å². The van der Waals surface area contributed by atoms with Crippen molar-refractivity contribution in [1.29, 1.82) is 0 Å². The Kier molecular flexibility index (Phi) is 9.90. The number of nitrogens with zero attached hydrogens (tertiary/aromatic N) is 2. The number of hydrogen-bond donors (Lipinski definition) is 3.